The van der Waals surface area contributed by atoms with E-state index in [4.69, 9.17) is 0 Å². The van der Waals surface area contributed by atoms with Gasteiger partial charge in [0.1, 0.15) is 5.82 Å². The van der Waals surface area contributed by atoms with Crippen LogP contribution in [0.3, 0.4) is 0 Å². The summed E-state index contributed by atoms with van der Waals surface area (Å²) in [6.45, 7) is 5.31. The maximum Gasteiger partial charge on any atom is 0.261 e. The van der Waals surface area contributed by atoms with E-state index in [9.17, 15) is 9.18 Å². The number of anilines is 2. The van der Waals surface area contributed by atoms with Crippen molar-refractivity contribution in [1.82, 2.24) is 4.98 Å². The Kier molecular flexibility index (Phi) is 6.60. The lowest BCUT2D eigenvalue weighted by atomic mass is 10.1. The summed E-state index contributed by atoms with van der Waals surface area (Å²) >= 11 is 0. The molecule has 0 N–H and O–H groups in total. The Balaban J connectivity index is 1.89. The zero-order chi connectivity index (χ0) is 20.8. The smallest absolute Gasteiger partial charge is 0.261 e. The standard InChI is InChI=1S/C24H26FN3O/c1-18(2)16-28(24(29)22-9-4-5-10-23(22)25)21-8-6-7-20(15-21)27(3)17-19-11-13-26-14-12-19/h4-15,18H,16-17H2,1-3H3. The van der Waals surface area contributed by atoms with Crippen LogP contribution in [0, 0.1) is 11.7 Å². The number of hydrogen-bond donors (Lipinski definition) is 0. The second-order valence-corrected chi connectivity index (χ2v) is 7.52. The van der Waals surface area contributed by atoms with Gasteiger partial charge in [-0.15, -0.1) is 0 Å². The van der Waals surface area contributed by atoms with Crippen molar-refractivity contribution in [2.45, 2.75) is 20.4 Å². The van der Waals surface area contributed by atoms with E-state index in [1.165, 1.54) is 12.1 Å². The van der Waals surface area contributed by atoms with Crippen LogP contribution < -0.4 is 9.80 Å². The maximum atomic E-state index is 14.2. The van der Waals surface area contributed by atoms with Crippen molar-refractivity contribution in [3.8, 4) is 0 Å². The highest BCUT2D eigenvalue weighted by atomic mass is 19.1. The molecule has 1 aromatic heterocycles. The average Bonchev–Trinajstić information content (AvgIpc) is 2.72. The number of amides is 1. The van der Waals surface area contributed by atoms with Gasteiger partial charge >= 0.3 is 0 Å². The zero-order valence-corrected chi connectivity index (χ0v) is 17.0. The fourth-order valence-electron chi connectivity index (χ4n) is 3.20. The number of nitrogens with zero attached hydrogens (tertiary/aromatic N) is 3. The van der Waals surface area contributed by atoms with Crippen LogP contribution in [0.5, 0.6) is 0 Å². The highest BCUT2D eigenvalue weighted by Gasteiger charge is 2.22. The molecule has 29 heavy (non-hydrogen) atoms. The minimum Gasteiger partial charge on any atom is -0.370 e. The zero-order valence-electron chi connectivity index (χ0n) is 17.0. The molecule has 0 atom stereocenters. The quantitative estimate of drug-likeness (QED) is 0.558. The Bertz CT molecular complexity index is 959. The Morgan fingerprint density at radius 2 is 1.69 bits per heavy atom. The minimum absolute atomic E-state index is 0.0868. The van der Waals surface area contributed by atoms with Crippen LogP contribution >= 0.6 is 0 Å². The summed E-state index contributed by atoms with van der Waals surface area (Å²) in [5.74, 6) is -0.591. The predicted octanol–water partition coefficient (Wildman–Crippen LogP) is 5.16. The lowest BCUT2D eigenvalue weighted by Gasteiger charge is -2.27. The highest BCUT2D eigenvalue weighted by Crippen LogP contribution is 2.26. The third kappa shape index (κ3) is 5.19. The van der Waals surface area contributed by atoms with Gasteiger partial charge in [-0.25, -0.2) is 4.39 Å². The number of halogens is 1. The molecule has 0 spiro atoms. The fourth-order valence-corrected chi connectivity index (χ4v) is 3.20. The molecule has 0 radical (unpaired) electrons. The van der Waals surface area contributed by atoms with E-state index in [1.807, 2.05) is 57.3 Å². The van der Waals surface area contributed by atoms with Crippen LogP contribution in [0.2, 0.25) is 0 Å². The van der Waals surface area contributed by atoms with Crippen molar-refractivity contribution in [2.75, 3.05) is 23.4 Å². The summed E-state index contributed by atoms with van der Waals surface area (Å²) in [6, 6.07) is 17.9. The lowest BCUT2D eigenvalue weighted by molar-refractivity contribution is 0.0980. The SMILES string of the molecule is CC(C)CN(C(=O)c1ccccc1F)c1cccc(N(C)Cc2ccncc2)c1. The summed E-state index contributed by atoms with van der Waals surface area (Å²) in [7, 11) is 2.00. The molecule has 3 rings (SSSR count). The van der Waals surface area contributed by atoms with Crippen molar-refractivity contribution in [3.05, 3.63) is 90.0 Å². The molecule has 0 saturated carbocycles. The monoisotopic (exact) mass is 391 g/mol. The second-order valence-electron chi connectivity index (χ2n) is 7.52. The lowest BCUT2D eigenvalue weighted by Crippen LogP contribution is -2.35. The molecule has 150 valence electrons. The average molecular weight is 391 g/mol. The topological polar surface area (TPSA) is 36.4 Å². The molecule has 4 nitrogen and oxygen atoms in total. The molecule has 2 aromatic carbocycles. The second kappa shape index (κ2) is 9.32. The van der Waals surface area contributed by atoms with Gasteiger partial charge in [-0.1, -0.05) is 32.0 Å². The molecule has 0 aliphatic rings. The summed E-state index contributed by atoms with van der Waals surface area (Å²) < 4.78 is 14.2. The number of hydrogen-bond acceptors (Lipinski definition) is 3. The van der Waals surface area contributed by atoms with Crippen molar-refractivity contribution in [3.63, 3.8) is 0 Å². The predicted molar refractivity (Wildman–Crippen MR) is 116 cm³/mol. The van der Waals surface area contributed by atoms with Crippen molar-refractivity contribution >= 4 is 17.3 Å². The first-order valence-electron chi connectivity index (χ1n) is 9.72. The molecule has 0 fully saturated rings. The third-order valence-electron chi connectivity index (χ3n) is 4.65. The molecule has 0 unspecified atom stereocenters. The van der Waals surface area contributed by atoms with Gasteiger partial charge in [0.15, 0.2) is 0 Å². The number of pyridine rings is 1. The Hall–Kier alpha value is -3.21. The van der Waals surface area contributed by atoms with Gasteiger partial charge in [-0.05, 0) is 53.9 Å². The van der Waals surface area contributed by atoms with Crippen LogP contribution in [0.1, 0.15) is 29.8 Å². The van der Waals surface area contributed by atoms with E-state index in [0.29, 0.717) is 6.54 Å². The van der Waals surface area contributed by atoms with E-state index in [2.05, 4.69) is 9.88 Å². The Morgan fingerprint density at radius 3 is 2.38 bits per heavy atom. The molecular weight excluding hydrogens is 365 g/mol. The van der Waals surface area contributed by atoms with Crippen LogP contribution in [0.4, 0.5) is 15.8 Å². The van der Waals surface area contributed by atoms with Gasteiger partial charge in [0.25, 0.3) is 5.91 Å². The first kappa shape index (κ1) is 20.5. The van der Waals surface area contributed by atoms with E-state index in [1.54, 1.807) is 29.4 Å². The molecule has 0 aliphatic heterocycles. The molecule has 0 bridgehead atoms. The number of carbonyl (C=O) groups excluding carboxylic acids is 1. The van der Waals surface area contributed by atoms with Crippen LogP contribution in [0.15, 0.2) is 73.1 Å². The van der Waals surface area contributed by atoms with Gasteiger partial charge in [0, 0.05) is 43.9 Å². The Labute approximate surface area is 171 Å². The molecule has 0 aliphatic carbocycles. The summed E-state index contributed by atoms with van der Waals surface area (Å²) in [6.07, 6.45) is 3.55. The first-order chi connectivity index (χ1) is 14.0. The van der Waals surface area contributed by atoms with Crippen molar-refractivity contribution in [1.29, 1.82) is 0 Å². The van der Waals surface area contributed by atoms with Gasteiger partial charge in [-0.2, -0.15) is 0 Å². The molecule has 3 aromatic rings. The van der Waals surface area contributed by atoms with Crippen LogP contribution in [-0.2, 0) is 6.54 Å². The van der Waals surface area contributed by atoms with E-state index >= 15 is 0 Å². The number of carbonyl (C=O) groups is 1. The normalized spacial score (nSPS) is 10.8. The van der Waals surface area contributed by atoms with Crippen LogP contribution in [-0.4, -0.2) is 24.5 Å². The Morgan fingerprint density at radius 1 is 1.00 bits per heavy atom. The van der Waals surface area contributed by atoms with E-state index < -0.39 is 5.82 Å². The molecule has 5 heteroatoms. The highest BCUT2D eigenvalue weighted by molar-refractivity contribution is 6.06. The molecule has 1 heterocycles. The maximum absolute atomic E-state index is 14.2. The first-order valence-corrected chi connectivity index (χ1v) is 9.72. The van der Waals surface area contributed by atoms with Crippen molar-refractivity contribution < 1.29 is 9.18 Å². The van der Waals surface area contributed by atoms with E-state index in [-0.39, 0.29) is 17.4 Å². The largest absolute Gasteiger partial charge is 0.370 e. The van der Waals surface area contributed by atoms with Gasteiger partial charge in [-0.3, -0.25) is 9.78 Å². The molecule has 0 saturated heterocycles. The van der Waals surface area contributed by atoms with Gasteiger partial charge < -0.3 is 9.80 Å². The molecular formula is C24H26FN3O. The summed E-state index contributed by atoms with van der Waals surface area (Å²) in [4.78, 5) is 21.0. The minimum atomic E-state index is -0.503. The van der Waals surface area contributed by atoms with Crippen molar-refractivity contribution in [2.24, 2.45) is 5.92 Å². The number of benzene rings is 2. The summed E-state index contributed by atoms with van der Waals surface area (Å²) in [5.41, 5.74) is 2.97. The van der Waals surface area contributed by atoms with E-state index in [0.717, 1.165) is 23.5 Å². The van der Waals surface area contributed by atoms with Gasteiger partial charge in [0.05, 0.1) is 5.56 Å². The fraction of sp³-hybridized carbons (Fsp3) is 0.250. The third-order valence-corrected chi connectivity index (χ3v) is 4.65. The number of aromatic nitrogens is 1. The molecule has 1 amide bonds. The summed E-state index contributed by atoms with van der Waals surface area (Å²) in [5, 5.41) is 0. The van der Waals surface area contributed by atoms with Gasteiger partial charge in [0.2, 0.25) is 0 Å². The number of rotatable bonds is 7. The van der Waals surface area contributed by atoms with Crippen LogP contribution in [0.25, 0.3) is 0 Å².